The number of guanidine groups is 1. The summed E-state index contributed by atoms with van der Waals surface area (Å²) in [4.78, 5) is 7.04. The number of aliphatic imine (C=N–C) groups is 1. The zero-order chi connectivity index (χ0) is 18.9. The maximum Gasteiger partial charge on any atom is 0.191 e. The minimum atomic E-state index is 0.190. The Kier molecular flexibility index (Phi) is 7.96. The van der Waals surface area contributed by atoms with Crippen LogP contribution in [-0.2, 0) is 4.74 Å². The van der Waals surface area contributed by atoms with Gasteiger partial charge in [0, 0.05) is 45.2 Å². The van der Waals surface area contributed by atoms with E-state index in [1.165, 1.54) is 37.8 Å². The van der Waals surface area contributed by atoms with Crippen molar-refractivity contribution in [1.29, 1.82) is 0 Å². The Balaban J connectivity index is 1.42. The molecule has 0 amide bonds. The maximum atomic E-state index is 6.00. The van der Waals surface area contributed by atoms with E-state index in [9.17, 15) is 0 Å². The number of piperidine rings is 1. The summed E-state index contributed by atoms with van der Waals surface area (Å²) in [7, 11) is 1.85. The highest BCUT2D eigenvalue weighted by Gasteiger charge is 2.29. The summed E-state index contributed by atoms with van der Waals surface area (Å²) in [5.74, 6) is 1.39. The molecule has 2 heterocycles. The molecule has 0 aromatic heterocycles. The van der Waals surface area contributed by atoms with E-state index < -0.39 is 0 Å². The Morgan fingerprint density at radius 3 is 2.81 bits per heavy atom. The standard InChI is InChI=1S/C22H36N4O/c1-3-20-11-7-8-14-26(20)15-13-24-22(23-2)25-17-19-12-16-27-21(19)18-9-5-4-6-10-18/h4-6,9-10,19-21H,3,7-8,11-17H2,1-2H3,(H2,23,24,25). The molecule has 0 aliphatic carbocycles. The summed E-state index contributed by atoms with van der Waals surface area (Å²) in [5, 5.41) is 7.01. The van der Waals surface area contributed by atoms with Gasteiger partial charge in [-0.15, -0.1) is 0 Å². The Morgan fingerprint density at radius 2 is 2.04 bits per heavy atom. The maximum absolute atomic E-state index is 6.00. The van der Waals surface area contributed by atoms with E-state index in [0.717, 1.165) is 44.7 Å². The van der Waals surface area contributed by atoms with Crippen molar-refractivity contribution in [3.63, 3.8) is 0 Å². The number of hydrogen-bond acceptors (Lipinski definition) is 3. The number of hydrogen-bond donors (Lipinski definition) is 2. The molecule has 150 valence electrons. The van der Waals surface area contributed by atoms with Crippen LogP contribution in [0.5, 0.6) is 0 Å². The van der Waals surface area contributed by atoms with E-state index in [-0.39, 0.29) is 6.10 Å². The van der Waals surface area contributed by atoms with Crippen molar-refractivity contribution in [2.75, 3.05) is 39.8 Å². The predicted octanol–water partition coefficient (Wildman–Crippen LogP) is 3.19. The van der Waals surface area contributed by atoms with Crippen LogP contribution in [0.3, 0.4) is 0 Å². The summed E-state index contributed by atoms with van der Waals surface area (Å²) < 4.78 is 6.00. The topological polar surface area (TPSA) is 48.9 Å². The zero-order valence-electron chi connectivity index (χ0n) is 17.0. The lowest BCUT2D eigenvalue weighted by atomic mass is 9.95. The van der Waals surface area contributed by atoms with Crippen LogP contribution >= 0.6 is 0 Å². The quantitative estimate of drug-likeness (QED) is 0.570. The van der Waals surface area contributed by atoms with Crippen molar-refractivity contribution in [3.05, 3.63) is 35.9 Å². The van der Waals surface area contributed by atoms with Crippen LogP contribution in [0.2, 0.25) is 0 Å². The van der Waals surface area contributed by atoms with Gasteiger partial charge in [0.05, 0.1) is 6.10 Å². The van der Waals surface area contributed by atoms with Crippen LogP contribution in [0, 0.1) is 5.92 Å². The predicted molar refractivity (Wildman–Crippen MR) is 112 cm³/mol. The lowest BCUT2D eigenvalue weighted by Crippen LogP contribution is -2.46. The van der Waals surface area contributed by atoms with Gasteiger partial charge in [-0.3, -0.25) is 9.89 Å². The molecular formula is C22H36N4O. The first-order valence-electron chi connectivity index (χ1n) is 10.7. The fraction of sp³-hybridized carbons (Fsp3) is 0.682. The number of benzene rings is 1. The van der Waals surface area contributed by atoms with Gasteiger partial charge in [0.15, 0.2) is 5.96 Å². The third kappa shape index (κ3) is 5.69. The van der Waals surface area contributed by atoms with Crippen LogP contribution in [0.15, 0.2) is 35.3 Å². The second kappa shape index (κ2) is 10.7. The molecule has 3 atom stereocenters. The van der Waals surface area contributed by atoms with E-state index in [4.69, 9.17) is 4.74 Å². The summed E-state index contributed by atoms with van der Waals surface area (Å²) in [6.07, 6.45) is 6.62. The van der Waals surface area contributed by atoms with Gasteiger partial charge < -0.3 is 15.4 Å². The molecule has 1 aromatic carbocycles. The highest BCUT2D eigenvalue weighted by molar-refractivity contribution is 5.79. The smallest absolute Gasteiger partial charge is 0.191 e. The molecule has 1 aromatic rings. The van der Waals surface area contributed by atoms with Gasteiger partial charge >= 0.3 is 0 Å². The van der Waals surface area contributed by atoms with Crippen LogP contribution in [0.4, 0.5) is 0 Å². The summed E-state index contributed by atoms with van der Waals surface area (Å²) in [6, 6.07) is 11.3. The Bertz CT molecular complexity index is 577. The van der Waals surface area contributed by atoms with Crippen LogP contribution in [0.25, 0.3) is 0 Å². The molecule has 2 N–H and O–H groups in total. The van der Waals surface area contributed by atoms with E-state index >= 15 is 0 Å². The van der Waals surface area contributed by atoms with Gasteiger partial charge in [-0.2, -0.15) is 0 Å². The highest BCUT2D eigenvalue weighted by atomic mass is 16.5. The molecule has 5 heteroatoms. The number of nitrogens with one attached hydrogen (secondary N) is 2. The van der Waals surface area contributed by atoms with Crippen molar-refractivity contribution in [1.82, 2.24) is 15.5 Å². The third-order valence-corrected chi connectivity index (χ3v) is 6.01. The zero-order valence-corrected chi connectivity index (χ0v) is 17.0. The van der Waals surface area contributed by atoms with Gasteiger partial charge in [-0.25, -0.2) is 0 Å². The molecule has 0 radical (unpaired) electrons. The van der Waals surface area contributed by atoms with Crippen molar-refractivity contribution in [2.45, 2.75) is 51.2 Å². The average Bonchev–Trinajstić information content (AvgIpc) is 3.20. The fourth-order valence-electron chi connectivity index (χ4n) is 4.44. The Hall–Kier alpha value is -1.59. The van der Waals surface area contributed by atoms with E-state index in [1.54, 1.807) is 0 Å². The minimum Gasteiger partial charge on any atom is -0.373 e. The molecule has 3 rings (SSSR count). The first kappa shape index (κ1) is 20.2. The summed E-state index contributed by atoms with van der Waals surface area (Å²) >= 11 is 0. The third-order valence-electron chi connectivity index (χ3n) is 6.01. The lowest BCUT2D eigenvalue weighted by Gasteiger charge is -2.35. The van der Waals surface area contributed by atoms with E-state index in [2.05, 4.69) is 57.8 Å². The summed E-state index contributed by atoms with van der Waals surface area (Å²) in [6.45, 7) is 7.32. The monoisotopic (exact) mass is 372 g/mol. The van der Waals surface area contributed by atoms with Gasteiger partial charge in [0.2, 0.25) is 0 Å². The molecular weight excluding hydrogens is 336 g/mol. The molecule has 2 saturated heterocycles. The van der Waals surface area contributed by atoms with Crippen molar-refractivity contribution >= 4 is 5.96 Å². The van der Waals surface area contributed by atoms with E-state index in [0.29, 0.717) is 5.92 Å². The molecule has 27 heavy (non-hydrogen) atoms. The first-order valence-corrected chi connectivity index (χ1v) is 10.7. The SMILES string of the molecule is CCC1CCCCN1CCNC(=NC)NCC1CCOC1c1ccccc1. The van der Waals surface area contributed by atoms with Crippen LogP contribution in [-0.4, -0.2) is 56.7 Å². The normalized spacial score (nSPS) is 26.9. The van der Waals surface area contributed by atoms with Crippen LogP contribution in [0.1, 0.15) is 50.7 Å². The highest BCUT2D eigenvalue weighted by Crippen LogP contribution is 2.33. The minimum absolute atomic E-state index is 0.190. The average molecular weight is 373 g/mol. The second-order valence-corrected chi connectivity index (χ2v) is 7.72. The number of likely N-dealkylation sites (tertiary alicyclic amines) is 1. The summed E-state index contributed by atoms with van der Waals surface area (Å²) in [5.41, 5.74) is 1.28. The first-order chi connectivity index (χ1) is 13.3. The fourth-order valence-corrected chi connectivity index (χ4v) is 4.44. The second-order valence-electron chi connectivity index (χ2n) is 7.72. The van der Waals surface area contributed by atoms with E-state index in [1.807, 2.05) is 7.05 Å². The largest absolute Gasteiger partial charge is 0.373 e. The van der Waals surface area contributed by atoms with Crippen molar-refractivity contribution in [3.8, 4) is 0 Å². The van der Waals surface area contributed by atoms with Crippen LogP contribution < -0.4 is 10.6 Å². The molecule has 0 saturated carbocycles. The van der Waals surface area contributed by atoms with Crippen molar-refractivity contribution in [2.24, 2.45) is 10.9 Å². The van der Waals surface area contributed by atoms with Crippen molar-refractivity contribution < 1.29 is 4.74 Å². The number of ether oxygens (including phenoxy) is 1. The molecule has 2 aliphatic heterocycles. The molecule has 3 unspecified atom stereocenters. The molecule has 2 aliphatic rings. The molecule has 0 bridgehead atoms. The Labute approximate surface area is 164 Å². The number of rotatable bonds is 7. The van der Waals surface area contributed by atoms with Gasteiger partial charge in [0.25, 0.3) is 0 Å². The molecule has 0 spiro atoms. The van der Waals surface area contributed by atoms with Gasteiger partial charge in [-0.1, -0.05) is 43.7 Å². The molecule has 2 fully saturated rings. The lowest BCUT2D eigenvalue weighted by molar-refractivity contribution is 0.0915. The van der Waals surface area contributed by atoms with Gasteiger partial charge in [0.1, 0.15) is 0 Å². The number of nitrogens with zero attached hydrogens (tertiary/aromatic N) is 2. The molecule has 5 nitrogen and oxygen atoms in total. The Morgan fingerprint density at radius 1 is 1.19 bits per heavy atom. The van der Waals surface area contributed by atoms with Gasteiger partial charge in [-0.05, 0) is 37.8 Å².